The number of carbonyl (C=O) groups is 2. The Balaban J connectivity index is 1.61. The SMILES string of the molecule is CCC1CCN2C(=O)c3c(O)c(=O)c(C(=O)NCc4c(F)cc(F)cc4F)cn3CC2O1. The molecule has 3 heterocycles. The van der Waals surface area contributed by atoms with Crippen LogP contribution in [0.25, 0.3) is 0 Å². The molecule has 8 nitrogen and oxygen atoms in total. The summed E-state index contributed by atoms with van der Waals surface area (Å²) in [4.78, 5) is 39.4. The van der Waals surface area contributed by atoms with Crippen LogP contribution in [0.5, 0.6) is 5.75 Å². The van der Waals surface area contributed by atoms with E-state index in [4.69, 9.17) is 4.74 Å². The van der Waals surface area contributed by atoms with Gasteiger partial charge >= 0.3 is 0 Å². The molecule has 0 aliphatic carbocycles. The highest BCUT2D eigenvalue weighted by molar-refractivity contribution is 5.99. The number of halogens is 3. The lowest BCUT2D eigenvalue weighted by molar-refractivity contribution is -0.134. The molecule has 0 saturated carbocycles. The molecule has 1 fully saturated rings. The van der Waals surface area contributed by atoms with E-state index >= 15 is 0 Å². The molecule has 4 rings (SSSR count). The van der Waals surface area contributed by atoms with Crippen LogP contribution in [0.3, 0.4) is 0 Å². The lowest BCUT2D eigenvalue weighted by atomic mass is 10.1. The van der Waals surface area contributed by atoms with Crippen LogP contribution in [0.2, 0.25) is 0 Å². The number of pyridine rings is 1. The van der Waals surface area contributed by atoms with Gasteiger partial charge in [-0.1, -0.05) is 6.92 Å². The summed E-state index contributed by atoms with van der Waals surface area (Å²) in [7, 11) is 0. The molecule has 2 aliphatic heterocycles. The van der Waals surface area contributed by atoms with Crippen molar-refractivity contribution in [1.82, 2.24) is 14.8 Å². The first-order valence-electron chi connectivity index (χ1n) is 10.1. The van der Waals surface area contributed by atoms with Gasteiger partial charge in [-0.2, -0.15) is 0 Å². The van der Waals surface area contributed by atoms with Gasteiger partial charge in [-0.25, -0.2) is 13.2 Å². The molecule has 2 atom stereocenters. The topological polar surface area (TPSA) is 101 Å². The fraction of sp³-hybridized carbons (Fsp3) is 0.381. The molecule has 11 heteroatoms. The predicted octanol–water partition coefficient (Wildman–Crippen LogP) is 1.88. The highest BCUT2D eigenvalue weighted by atomic mass is 19.1. The van der Waals surface area contributed by atoms with Crippen molar-refractivity contribution in [3.63, 3.8) is 0 Å². The molecule has 170 valence electrons. The minimum absolute atomic E-state index is 0.0400. The zero-order valence-corrected chi connectivity index (χ0v) is 17.0. The van der Waals surface area contributed by atoms with Crippen LogP contribution in [0.4, 0.5) is 13.2 Å². The van der Waals surface area contributed by atoms with Gasteiger partial charge in [0.15, 0.2) is 17.7 Å². The summed E-state index contributed by atoms with van der Waals surface area (Å²) in [6.07, 6.45) is 1.83. The molecular formula is C21H20F3N3O5. The summed E-state index contributed by atoms with van der Waals surface area (Å²) >= 11 is 0. The Morgan fingerprint density at radius 3 is 2.59 bits per heavy atom. The molecule has 2 amide bonds. The van der Waals surface area contributed by atoms with Crippen LogP contribution in [-0.2, 0) is 17.8 Å². The maximum Gasteiger partial charge on any atom is 0.276 e. The molecule has 0 radical (unpaired) electrons. The monoisotopic (exact) mass is 451 g/mol. The number of amides is 2. The van der Waals surface area contributed by atoms with Crippen molar-refractivity contribution in [3.8, 4) is 5.75 Å². The Hall–Kier alpha value is -3.34. The molecule has 0 spiro atoms. The molecule has 0 bridgehead atoms. The number of aromatic hydroxyl groups is 1. The van der Waals surface area contributed by atoms with Gasteiger partial charge in [-0.15, -0.1) is 0 Å². The van der Waals surface area contributed by atoms with E-state index in [1.165, 1.54) is 9.47 Å². The quantitative estimate of drug-likeness (QED) is 0.740. The van der Waals surface area contributed by atoms with Crippen molar-refractivity contribution in [2.75, 3.05) is 6.54 Å². The third kappa shape index (κ3) is 3.72. The van der Waals surface area contributed by atoms with Crippen LogP contribution < -0.4 is 10.7 Å². The van der Waals surface area contributed by atoms with Crippen LogP contribution in [0.1, 0.15) is 46.2 Å². The first-order chi connectivity index (χ1) is 15.2. The van der Waals surface area contributed by atoms with E-state index in [9.17, 15) is 32.7 Å². The maximum absolute atomic E-state index is 13.8. The number of carbonyl (C=O) groups excluding carboxylic acids is 2. The largest absolute Gasteiger partial charge is 0.503 e. The number of fused-ring (bicyclic) bond motifs is 2. The highest BCUT2D eigenvalue weighted by Crippen LogP contribution is 2.29. The lowest BCUT2D eigenvalue weighted by Crippen LogP contribution is -2.55. The first-order valence-corrected chi connectivity index (χ1v) is 10.1. The summed E-state index contributed by atoms with van der Waals surface area (Å²) < 4.78 is 47.8. The van der Waals surface area contributed by atoms with E-state index < -0.39 is 64.3 Å². The van der Waals surface area contributed by atoms with Crippen molar-refractivity contribution in [2.24, 2.45) is 0 Å². The van der Waals surface area contributed by atoms with Crippen LogP contribution in [-0.4, -0.2) is 45.3 Å². The smallest absolute Gasteiger partial charge is 0.276 e. The van der Waals surface area contributed by atoms with Crippen molar-refractivity contribution in [1.29, 1.82) is 0 Å². The third-order valence-corrected chi connectivity index (χ3v) is 5.69. The van der Waals surface area contributed by atoms with E-state index in [0.717, 1.165) is 12.6 Å². The van der Waals surface area contributed by atoms with Gasteiger partial charge in [0.1, 0.15) is 23.0 Å². The van der Waals surface area contributed by atoms with E-state index in [1.807, 2.05) is 6.92 Å². The third-order valence-electron chi connectivity index (χ3n) is 5.69. The summed E-state index contributed by atoms with van der Waals surface area (Å²) in [6.45, 7) is 1.80. The van der Waals surface area contributed by atoms with Gasteiger partial charge in [0.2, 0.25) is 5.43 Å². The molecule has 1 aromatic carbocycles. The van der Waals surface area contributed by atoms with Crippen LogP contribution in [0, 0.1) is 17.5 Å². The van der Waals surface area contributed by atoms with E-state index in [-0.39, 0.29) is 18.3 Å². The number of nitrogens with one attached hydrogen (secondary N) is 1. The van der Waals surface area contributed by atoms with Gasteiger partial charge < -0.3 is 24.6 Å². The van der Waals surface area contributed by atoms with E-state index in [0.29, 0.717) is 25.1 Å². The number of rotatable bonds is 4. The Morgan fingerprint density at radius 1 is 1.25 bits per heavy atom. The minimum Gasteiger partial charge on any atom is -0.503 e. The summed E-state index contributed by atoms with van der Waals surface area (Å²) in [6, 6.07) is 0.935. The van der Waals surface area contributed by atoms with Gasteiger partial charge in [0, 0.05) is 37.0 Å². The number of hydrogen-bond donors (Lipinski definition) is 2. The van der Waals surface area contributed by atoms with Gasteiger partial charge in [0.25, 0.3) is 11.8 Å². The zero-order valence-electron chi connectivity index (χ0n) is 17.0. The summed E-state index contributed by atoms with van der Waals surface area (Å²) in [5.74, 6) is -6.00. The fourth-order valence-corrected chi connectivity index (χ4v) is 3.95. The van der Waals surface area contributed by atoms with E-state index in [1.54, 1.807) is 0 Å². The van der Waals surface area contributed by atoms with E-state index in [2.05, 4.69) is 5.32 Å². The van der Waals surface area contributed by atoms with Crippen LogP contribution >= 0.6 is 0 Å². The Morgan fingerprint density at radius 2 is 1.94 bits per heavy atom. The average molecular weight is 451 g/mol. The molecule has 1 saturated heterocycles. The zero-order chi connectivity index (χ0) is 23.2. The van der Waals surface area contributed by atoms with Crippen molar-refractivity contribution >= 4 is 11.8 Å². The maximum atomic E-state index is 13.8. The first kappa shape index (κ1) is 21.9. The van der Waals surface area contributed by atoms with Crippen molar-refractivity contribution < 1.29 is 32.6 Å². The summed E-state index contributed by atoms with van der Waals surface area (Å²) in [5.41, 5.74) is -2.45. The van der Waals surface area contributed by atoms with Gasteiger partial charge in [0.05, 0.1) is 12.6 Å². The molecule has 2 unspecified atom stereocenters. The molecule has 2 N–H and O–H groups in total. The molecule has 2 aliphatic rings. The molecule has 1 aromatic heterocycles. The Kier molecular flexibility index (Phi) is 5.68. The Labute approximate surface area is 180 Å². The molecular weight excluding hydrogens is 431 g/mol. The summed E-state index contributed by atoms with van der Waals surface area (Å²) in [5, 5.41) is 12.6. The normalized spacial score (nSPS) is 20.0. The average Bonchev–Trinajstić information content (AvgIpc) is 2.74. The second-order valence-electron chi connectivity index (χ2n) is 7.66. The fourth-order valence-electron chi connectivity index (χ4n) is 3.95. The second-order valence-corrected chi connectivity index (χ2v) is 7.66. The lowest BCUT2D eigenvalue weighted by Gasteiger charge is -2.43. The standard InChI is InChI=1S/C21H20F3N3O5/c1-2-11-3-4-27-16(32-11)9-26-8-13(18(28)19(29)17(26)21(27)31)20(30)25-7-12-14(23)5-10(22)6-15(12)24/h5-6,8,11,16,29H,2-4,7,9H2,1H3,(H,25,30). The number of ether oxygens (including phenoxy) is 1. The number of benzene rings is 1. The molecule has 2 aromatic rings. The number of hydrogen-bond acceptors (Lipinski definition) is 5. The molecule has 32 heavy (non-hydrogen) atoms. The van der Waals surface area contributed by atoms with Crippen molar-refractivity contribution in [2.45, 2.75) is 45.2 Å². The predicted molar refractivity (Wildman–Crippen MR) is 104 cm³/mol. The van der Waals surface area contributed by atoms with Crippen molar-refractivity contribution in [3.05, 3.63) is 62.8 Å². The Bertz CT molecular complexity index is 1140. The number of nitrogens with zero attached hydrogens (tertiary/aromatic N) is 2. The number of aromatic nitrogens is 1. The highest BCUT2D eigenvalue weighted by Gasteiger charge is 2.40. The van der Waals surface area contributed by atoms with Gasteiger partial charge in [-0.3, -0.25) is 14.4 Å². The van der Waals surface area contributed by atoms with Gasteiger partial charge in [-0.05, 0) is 12.8 Å². The minimum atomic E-state index is -1.20. The second kappa shape index (κ2) is 8.30. The van der Waals surface area contributed by atoms with Crippen LogP contribution in [0.15, 0.2) is 23.1 Å².